The summed E-state index contributed by atoms with van der Waals surface area (Å²) in [5, 5.41) is 11.7. The topological polar surface area (TPSA) is 79.7 Å². The van der Waals surface area contributed by atoms with Crippen LogP contribution in [0, 0.1) is 13.8 Å². The highest BCUT2D eigenvalue weighted by molar-refractivity contribution is 7.22. The highest BCUT2D eigenvalue weighted by atomic mass is 32.1. The maximum atomic E-state index is 13.5. The monoisotopic (exact) mass is 498 g/mol. The number of aromatic nitrogens is 1. The molecule has 1 amide bonds. The van der Waals surface area contributed by atoms with Crippen LogP contribution in [0.25, 0.3) is 16.0 Å². The van der Waals surface area contributed by atoms with Crippen molar-refractivity contribution in [1.82, 2.24) is 4.98 Å². The lowest BCUT2D eigenvalue weighted by atomic mass is 9.94. The molecule has 1 unspecified atom stereocenters. The molecule has 0 saturated carbocycles. The van der Waals surface area contributed by atoms with E-state index in [2.05, 4.69) is 6.92 Å². The van der Waals surface area contributed by atoms with E-state index >= 15 is 0 Å². The number of aliphatic hydroxyl groups is 1. The van der Waals surface area contributed by atoms with Crippen LogP contribution in [0.15, 0.2) is 66.2 Å². The third kappa shape index (κ3) is 3.95. The van der Waals surface area contributed by atoms with Crippen molar-refractivity contribution in [2.75, 3.05) is 12.0 Å². The number of carbonyl (C=O) groups is 2. The molecule has 0 radical (unpaired) electrons. The first-order chi connectivity index (χ1) is 17.3. The molecule has 1 atom stereocenters. The van der Waals surface area contributed by atoms with Gasteiger partial charge in [-0.25, -0.2) is 4.98 Å². The van der Waals surface area contributed by atoms with Crippen LogP contribution in [0.2, 0.25) is 0 Å². The highest BCUT2D eigenvalue weighted by Gasteiger charge is 2.48. The maximum Gasteiger partial charge on any atom is 0.301 e. The van der Waals surface area contributed by atoms with Crippen molar-refractivity contribution >= 4 is 44.1 Å². The third-order valence-corrected chi connectivity index (χ3v) is 7.54. The van der Waals surface area contributed by atoms with Gasteiger partial charge in [-0.2, -0.15) is 0 Å². The Kier molecular flexibility index (Phi) is 6.10. The quantitative estimate of drug-likeness (QED) is 0.204. The molecule has 3 aromatic carbocycles. The molecule has 0 bridgehead atoms. The van der Waals surface area contributed by atoms with E-state index in [1.54, 1.807) is 31.4 Å². The Labute approximate surface area is 213 Å². The zero-order valence-corrected chi connectivity index (χ0v) is 21.3. The molecule has 2 heterocycles. The van der Waals surface area contributed by atoms with Gasteiger partial charge in [0, 0.05) is 5.56 Å². The molecule has 1 aliphatic heterocycles. The molecular formula is C29H26N2O4S. The molecule has 1 aliphatic rings. The van der Waals surface area contributed by atoms with Crippen LogP contribution >= 0.6 is 11.3 Å². The summed E-state index contributed by atoms with van der Waals surface area (Å²) in [7, 11) is 1.56. The Morgan fingerprint density at radius 2 is 1.75 bits per heavy atom. The lowest BCUT2D eigenvalue weighted by molar-refractivity contribution is -0.132. The first-order valence-corrected chi connectivity index (χ1v) is 12.6. The summed E-state index contributed by atoms with van der Waals surface area (Å²) in [6, 6.07) is 17.8. The highest BCUT2D eigenvalue weighted by Crippen LogP contribution is 2.44. The molecule has 4 aromatic rings. The summed E-state index contributed by atoms with van der Waals surface area (Å²) in [4.78, 5) is 33.1. The van der Waals surface area contributed by atoms with Crippen LogP contribution in [0.4, 0.5) is 5.13 Å². The fourth-order valence-corrected chi connectivity index (χ4v) is 5.82. The third-order valence-electron chi connectivity index (χ3n) is 6.54. The van der Waals surface area contributed by atoms with Gasteiger partial charge in [0.1, 0.15) is 11.5 Å². The number of nitrogens with zero attached hydrogens (tertiary/aromatic N) is 2. The lowest BCUT2D eigenvalue weighted by Gasteiger charge is -2.23. The van der Waals surface area contributed by atoms with Crippen LogP contribution in [0.3, 0.4) is 0 Å². The molecule has 1 fully saturated rings. The predicted molar refractivity (Wildman–Crippen MR) is 143 cm³/mol. The van der Waals surface area contributed by atoms with Crippen LogP contribution in [0.1, 0.15) is 40.8 Å². The number of rotatable bonds is 5. The molecule has 1 N–H and O–H groups in total. The number of fused-ring (bicyclic) bond motifs is 1. The van der Waals surface area contributed by atoms with Crippen LogP contribution in [0.5, 0.6) is 5.75 Å². The Balaban J connectivity index is 1.71. The van der Waals surface area contributed by atoms with E-state index in [1.807, 2.05) is 50.2 Å². The minimum Gasteiger partial charge on any atom is -0.507 e. The number of amides is 1. The fraction of sp³-hybridized carbons (Fsp3) is 0.207. The molecule has 7 heteroatoms. The van der Waals surface area contributed by atoms with Crippen molar-refractivity contribution in [3.63, 3.8) is 0 Å². The van der Waals surface area contributed by atoms with E-state index in [0.717, 1.165) is 38.9 Å². The summed E-state index contributed by atoms with van der Waals surface area (Å²) in [5.74, 6) is -1.04. The number of carbonyl (C=O) groups excluding carboxylic acids is 2. The molecular weight excluding hydrogens is 472 g/mol. The summed E-state index contributed by atoms with van der Waals surface area (Å²) in [6.45, 7) is 6.07. The molecule has 0 spiro atoms. The van der Waals surface area contributed by atoms with Crippen LogP contribution in [-0.4, -0.2) is 28.9 Å². The molecule has 182 valence electrons. The number of ketones is 1. The maximum absolute atomic E-state index is 13.5. The van der Waals surface area contributed by atoms with Crippen molar-refractivity contribution in [2.24, 2.45) is 0 Å². The fourth-order valence-electron chi connectivity index (χ4n) is 4.65. The van der Waals surface area contributed by atoms with Gasteiger partial charge < -0.3 is 9.84 Å². The number of methoxy groups -OCH3 is 1. The van der Waals surface area contributed by atoms with Gasteiger partial charge in [0.25, 0.3) is 5.78 Å². The number of hydrogen-bond acceptors (Lipinski definition) is 6. The average Bonchev–Trinajstić information content (AvgIpc) is 3.42. The molecule has 6 nitrogen and oxygen atoms in total. The van der Waals surface area contributed by atoms with Crippen LogP contribution in [-0.2, 0) is 16.0 Å². The van der Waals surface area contributed by atoms with E-state index in [1.165, 1.54) is 16.2 Å². The van der Waals surface area contributed by atoms with Gasteiger partial charge in [-0.15, -0.1) is 0 Å². The van der Waals surface area contributed by atoms with Gasteiger partial charge in [-0.05, 0) is 72.9 Å². The van der Waals surface area contributed by atoms with Crippen molar-refractivity contribution < 1.29 is 19.4 Å². The smallest absolute Gasteiger partial charge is 0.301 e. The number of thiazole rings is 1. The van der Waals surface area contributed by atoms with Gasteiger partial charge in [-0.1, -0.05) is 48.6 Å². The van der Waals surface area contributed by atoms with E-state index in [9.17, 15) is 14.7 Å². The molecule has 1 aromatic heterocycles. The molecule has 1 saturated heterocycles. The normalized spacial score (nSPS) is 17.2. The Morgan fingerprint density at radius 3 is 2.39 bits per heavy atom. The number of anilines is 1. The number of hydrogen-bond donors (Lipinski definition) is 1. The lowest BCUT2D eigenvalue weighted by Crippen LogP contribution is -2.29. The van der Waals surface area contributed by atoms with Gasteiger partial charge in [-0.3, -0.25) is 14.5 Å². The summed E-state index contributed by atoms with van der Waals surface area (Å²) >= 11 is 1.37. The zero-order valence-electron chi connectivity index (χ0n) is 20.5. The number of ether oxygens (including phenoxy) is 1. The standard InChI is InChI=1S/C29H26N2O4S/c1-5-18-6-8-19(9-7-18)25-23(26(32)20-10-12-21(35-4)13-11-20)27(33)28(34)31(25)29-30-24-17(3)14-16(2)15-22(24)36-29/h6-15,25,32H,5H2,1-4H3/b26-23+. The number of aliphatic hydroxyl groups excluding tert-OH is 1. The van der Waals surface area contributed by atoms with Crippen molar-refractivity contribution in [1.29, 1.82) is 0 Å². The second-order valence-electron chi connectivity index (χ2n) is 8.92. The van der Waals surface area contributed by atoms with E-state index in [4.69, 9.17) is 9.72 Å². The van der Waals surface area contributed by atoms with Crippen molar-refractivity contribution in [3.05, 3.63) is 94.1 Å². The van der Waals surface area contributed by atoms with E-state index < -0.39 is 17.7 Å². The molecule has 5 rings (SSSR count). The average molecular weight is 499 g/mol. The van der Waals surface area contributed by atoms with E-state index in [-0.39, 0.29) is 11.3 Å². The van der Waals surface area contributed by atoms with Crippen molar-refractivity contribution in [2.45, 2.75) is 33.2 Å². The van der Waals surface area contributed by atoms with Crippen molar-refractivity contribution in [3.8, 4) is 5.75 Å². The number of aryl methyl sites for hydroxylation is 3. The van der Waals surface area contributed by atoms with Gasteiger partial charge in [0.05, 0.1) is 28.9 Å². The minimum atomic E-state index is -0.806. The Bertz CT molecular complexity index is 1520. The number of Topliss-reactive ketones (excluding diaryl/α,β-unsaturated/α-hetero) is 1. The predicted octanol–water partition coefficient (Wildman–Crippen LogP) is 6.11. The first-order valence-electron chi connectivity index (χ1n) is 11.7. The largest absolute Gasteiger partial charge is 0.507 e. The van der Waals surface area contributed by atoms with Gasteiger partial charge >= 0.3 is 5.91 Å². The Morgan fingerprint density at radius 1 is 1.06 bits per heavy atom. The molecule has 0 aliphatic carbocycles. The SMILES string of the molecule is CCc1ccc(C2/C(=C(\O)c3ccc(OC)cc3)C(=O)C(=O)N2c2nc3c(C)cc(C)cc3s2)cc1. The minimum absolute atomic E-state index is 0.0431. The Hall–Kier alpha value is -3.97. The number of benzene rings is 3. The van der Waals surface area contributed by atoms with Crippen LogP contribution < -0.4 is 9.64 Å². The van der Waals surface area contributed by atoms with E-state index in [0.29, 0.717) is 16.4 Å². The zero-order chi connectivity index (χ0) is 25.6. The summed E-state index contributed by atoms with van der Waals surface area (Å²) in [5.41, 5.74) is 5.25. The first kappa shape index (κ1) is 23.8. The second-order valence-corrected chi connectivity index (χ2v) is 9.93. The van der Waals surface area contributed by atoms with Gasteiger partial charge in [0.2, 0.25) is 0 Å². The molecule has 36 heavy (non-hydrogen) atoms. The summed E-state index contributed by atoms with van der Waals surface area (Å²) < 4.78 is 6.16. The van der Waals surface area contributed by atoms with Gasteiger partial charge in [0.15, 0.2) is 5.13 Å². The summed E-state index contributed by atoms with van der Waals surface area (Å²) in [6.07, 6.45) is 0.864. The second kappa shape index (κ2) is 9.24.